The molecule has 0 atom stereocenters. The molecule has 0 amide bonds. The van der Waals surface area contributed by atoms with E-state index in [4.69, 9.17) is 19.9 Å². The molecule has 0 unspecified atom stereocenters. The highest BCUT2D eigenvalue weighted by Gasteiger charge is 2.20. The van der Waals surface area contributed by atoms with Crippen molar-refractivity contribution < 1.29 is 19.0 Å². The summed E-state index contributed by atoms with van der Waals surface area (Å²) in [5.41, 5.74) is 7.74. The van der Waals surface area contributed by atoms with E-state index in [1.165, 1.54) is 0 Å². The summed E-state index contributed by atoms with van der Waals surface area (Å²) in [6.45, 7) is 4.38. The molecule has 0 bridgehead atoms. The molecule has 0 aromatic heterocycles. The number of esters is 1. The average Bonchev–Trinajstić information content (AvgIpc) is 2.48. The van der Waals surface area contributed by atoms with Crippen molar-refractivity contribution in [2.45, 2.75) is 6.92 Å². The molecule has 0 aliphatic carbocycles. The van der Waals surface area contributed by atoms with Crippen LogP contribution in [0.1, 0.15) is 17.3 Å². The van der Waals surface area contributed by atoms with Gasteiger partial charge in [0.15, 0.2) is 0 Å². The van der Waals surface area contributed by atoms with Crippen LogP contribution in [0.2, 0.25) is 0 Å². The highest BCUT2D eigenvalue weighted by molar-refractivity contribution is 5.99. The number of carbonyl (C=O) groups excluding carboxylic acids is 1. The van der Waals surface area contributed by atoms with Crippen LogP contribution in [-0.2, 0) is 14.2 Å². The minimum absolute atomic E-state index is 0.323. The van der Waals surface area contributed by atoms with Gasteiger partial charge in [-0.2, -0.15) is 0 Å². The summed E-state index contributed by atoms with van der Waals surface area (Å²) in [5, 5.41) is 0. The van der Waals surface area contributed by atoms with Gasteiger partial charge in [0, 0.05) is 27.3 Å². The number of nitrogens with zero attached hydrogens (tertiary/aromatic N) is 1. The SMILES string of the molecule is CCOC(=O)c1cccc(N)c1N(CCOC)CCOC. The van der Waals surface area contributed by atoms with E-state index in [0.717, 1.165) is 0 Å². The van der Waals surface area contributed by atoms with Crippen LogP contribution in [-0.4, -0.2) is 53.1 Å². The first-order valence-electron chi connectivity index (χ1n) is 6.94. The molecule has 0 spiro atoms. The number of ether oxygens (including phenoxy) is 3. The van der Waals surface area contributed by atoms with E-state index in [0.29, 0.717) is 49.8 Å². The molecule has 0 saturated carbocycles. The van der Waals surface area contributed by atoms with Gasteiger partial charge in [-0.3, -0.25) is 0 Å². The fourth-order valence-electron chi connectivity index (χ4n) is 2.03. The Kier molecular flexibility index (Phi) is 7.56. The number of para-hydroxylation sites is 1. The molecule has 0 saturated heterocycles. The average molecular weight is 296 g/mol. The van der Waals surface area contributed by atoms with Gasteiger partial charge in [0.2, 0.25) is 0 Å². The minimum Gasteiger partial charge on any atom is -0.462 e. The molecule has 6 nitrogen and oxygen atoms in total. The summed E-state index contributed by atoms with van der Waals surface area (Å²) < 4.78 is 15.3. The van der Waals surface area contributed by atoms with E-state index in [2.05, 4.69) is 0 Å². The third-order valence-corrected chi connectivity index (χ3v) is 3.01. The smallest absolute Gasteiger partial charge is 0.340 e. The van der Waals surface area contributed by atoms with Gasteiger partial charge in [0.25, 0.3) is 0 Å². The van der Waals surface area contributed by atoms with Gasteiger partial charge in [0.1, 0.15) is 0 Å². The third-order valence-electron chi connectivity index (χ3n) is 3.01. The molecule has 21 heavy (non-hydrogen) atoms. The fourth-order valence-corrected chi connectivity index (χ4v) is 2.03. The quantitative estimate of drug-likeness (QED) is 0.550. The zero-order valence-electron chi connectivity index (χ0n) is 12.9. The summed E-state index contributed by atoms with van der Waals surface area (Å²) in [6, 6.07) is 5.23. The third kappa shape index (κ3) is 4.91. The van der Waals surface area contributed by atoms with E-state index >= 15 is 0 Å². The molecule has 2 N–H and O–H groups in total. The van der Waals surface area contributed by atoms with Gasteiger partial charge in [-0.05, 0) is 19.1 Å². The fraction of sp³-hybridized carbons (Fsp3) is 0.533. The van der Waals surface area contributed by atoms with E-state index in [-0.39, 0.29) is 5.97 Å². The maximum Gasteiger partial charge on any atom is 0.340 e. The number of nitrogens with two attached hydrogens (primary N) is 1. The lowest BCUT2D eigenvalue weighted by molar-refractivity contribution is 0.0527. The topological polar surface area (TPSA) is 74.0 Å². The van der Waals surface area contributed by atoms with Crippen molar-refractivity contribution in [3.05, 3.63) is 23.8 Å². The number of carbonyl (C=O) groups is 1. The standard InChI is InChI=1S/C15H24N2O4/c1-4-21-15(18)12-6-5-7-13(16)14(12)17(8-10-19-2)9-11-20-3/h5-7H,4,8-11,16H2,1-3H3. The molecule has 118 valence electrons. The molecular weight excluding hydrogens is 272 g/mol. The first-order valence-corrected chi connectivity index (χ1v) is 6.94. The van der Waals surface area contributed by atoms with Crippen LogP contribution in [0.15, 0.2) is 18.2 Å². The largest absolute Gasteiger partial charge is 0.462 e. The van der Waals surface area contributed by atoms with Crippen LogP contribution < -0.4 is 10.6 Å². The van der Waals surface area contributed by atoms with Gasteiger partial charge >= 0.3 is 5.97 Å². The zero-order chi connectivity index (χ0) is 15.7. The lowest BCUT2D eigenvalue weighted by Gasteiger charge is -2.27. The predicted octanol–water partition coefficient (Wildman–Crippen LogP) is 1.54. The lowest BCUT2D eigenvalue weighted by atomic mass is 10.1. The van der Waals surface area contributed by atoms with Gasteiger partial charge in [0.05, 0.1) is 36.8 Å². The van der Waals surface area contributed by atoms with Crippen LogP contribution in [0.4, 0.5) is 11.4 Å². The first kappa shape index (κ1) is 17.3. The number of hydrogen-bond acceptors (Lipinski definition) is 6. The number of rotatable bonds is 9. The summed E-state index contributed by atoms with van der Waals surface area (Å²) in [7, 11) is 3.27. The lowest BCUT2D eigenvalue weighted by Crippen LogP contribution is -2.32. The molecular formula is C15H24N2O4. The number of hydrogen-bond donors (Lipinski definition) is 1. The Morgan fingerprint density at radius 3 is 2.33 bits per heavy atom. The van der Waals surface area contributed by atoms with Crippen LogP contribution in [0, 0.1) is 0 Å². The maximum absolute atomic E-state index is 12.1. The Labute approximate surface area is 125 Å². The minimum atomic E-state index is -0.375. The summed E-state index contributed by atoms with van der Waals surface area (Å²) in [4.78, 5) is 14.1. The summed E-state index contributed by atoms with van der Waals surface area (Å²) >= 11 is 0. The maximum atomic E-state index is 12.1. The van der Waals surface area contributed by atoms with Crippen molar-refractivity contribution in [3.63, 3.8) is 0 Å². The Bertz CT molecular complexity index is 443. The first-order chi connectivity index (χ1) is 10.2. The second-order valence-corrected chi connectivity index (χ2v) is 4.44. The number of methoxy groups -OCH3 is 2. The Hall–Kier alpha value is -1.79. The van der Waals surface area contributed by atoms with Crippen molar-refractivity contribution in [3.8, 4) is 0 Å². The van der Waals surface area contributed by atoms with Crippen molar-refractivity contribution >= 4 is 17.3 Å². The molecule has 1 aromatic rings. The van der Waals surface area contributed by atoms with Gasteiger partial charge in [-0.1, -0.05) is 6.07 Å². The van der Waals surface area contributed by atoms with E-state index < -0.39 is 0 Å². The Balaban J connectivity index is 3.11. The van der Waals surface area contributed by atoms with Gasteiger partial charge in [-0.25, -0.2) is 4.79 Å². The zero-order valence-corrected chi connectivity index (χ0v) is 12.9. The van der Waals surface area contributed by atoms with Crippen molar-refractivity contribution in [2.75, 3.05) is 57.8 Å². The molecule has 6 heteroatoms. The van der Waals surface area contributed by atoms with Crippen molar-refractivity contribution in [2.24, 2.45) is 0 Å². The second kappa shape index (κ2) is 9.20. The molecule has 1 aromatic carbocycles. The monoisotopic (exact) mass is 296 g/mol. The van der Waals surface area contributed by atoms with E-state index in [1.807, 2.05) is 4.90 Å². The molecule has 0 heterocycles. The second-order valence-electron chi connectivity index (χ2n) is 4.44. The number of nitrogen functional groups attached to an aromatic ring is 1. The van der Waals surface area contributed by atoms with Crippen LogP contribution in [0.25, 0.3) is 0 Å². The number of benzene rings is 1. The van der Waals surface area contributed by atoms with Gasteiger partial charge in [-0.15, -0.1) is 0 Å². The normalized spacial score (nSPS) is 10.4. The molecule has 0 fully saturated rings. The molecule has 0 aliphatic heterocycles. The predicted molar refractivity (Wildman–Crippen MR) is 82.8 cm³/mol. The molecule has 1 rings (SSSR count). The summed E-state index contributed by atoms with van der Waals surface area (Å²) in [6.07, 6.45) is 0. The van der Waals surface area contributed by atoms with E-state index in [1.54, 1.807) is 39.3 Å². The highest BCUT2D eigenvalue weighted by Crippen LogP contribution is 2.28. The van der Waals surface area contributed by atoms with Crippen LogP contribution in [0.5, 0.6) is 0 Å². The summed E-state index contributed by atoms with van der Waals surface area (Å²) in [5.74, 6) is -0.375. The highest BCUT2D eigenvalue weighted by atomic mass is 16.5. The Morgan fingerprint density at radius 2 is 1.81 bits per heavy atom. The van der Waals surface area contributed by atoms with Crippen molar-refractivity contribution in [1.29, 1.82) is 0 Å². The molecule has 0 radical (unpaired) electrons. The van der Waals surface area contributed by atoms with Gasteiger partial charge < -0.3 is 24.8 Å². The van der Waals surface area contributed by atoms with E-state index in [9.17, 15) is 4.79 Å². The number of anilines is 2. The van der Waals surface area contributed by atoms with Crippen LogP contribution in [0.3, 0.4) is 0 Å². The molecule has 0 aliphatic rings. The van der Waals surface area contributed by atoms with Crippen LogP contribution >= 0.6 is 0 Å². The Morgan fingerprint density at radius 1 is 1.19 bits per heavy atom. The van der Waals surface area contributed by atoms with Crippen molar-refractivity contribution in [1.82, 2.24) is 0 Å².